The van der Waals surface area contributed by atoms with Crippen LogP contribution in [-0.2, 0) is 6.54 Å². The van der Waals surface area contributed by atoms with Crippen molar-refractivity contribution in [2.24, 2.45) is 0 Å². The number of piperazine rings is 1. The number of likely N-dealkylation sites (N-methyl/N-ethyl adjacent to an activating group) is 1. The summed E-state index contributed by atoms with van der Waals surface area (Å²) in [5, 5.41) is 13.6. The zero-order valence-corrected chi connectivity index (χ0v) is 20.3. The van der Waals surface area contributed by atoms with Crippen LogP contribution < -0.4 is 15.0 Å². The maximum atomic E-state index is 13.5. The molecule has 0 aliphatic carbocycles. The number of fused-ring (bicyclic) bond motifs is 2. The first-order chi connectivity index (χ1) is 17.7. The average molecular weight is 488 g/mol. The molecule has 0 amide bonds. The molecule has 4 aromatic rings. The van der Waals surface area contributed by atoms with E-state index in [1.165, 1.54) is 0 Å². The van der Waals surface area contributed by atoms with Crippen LogP contribution in [0.4, 0.5) is 0 Å². The smallest absolute Gasteiger partial charge is 0.253 e. The highest BCUT2D eigenvalue weighted by Crippen LogP contribution is 2.35. The number of aromatic amines is 1. The summed E-state index contributed by atoms with van der Waals surface area (Å²) in [6.07, 6.45) is 0. The largest absolute Gasteiger partial charge is 0.486 e. The third kappa shape index (κ3) is 4.33. The molecule has 1 atom stereocenters. The number of aromatic nitrogens is 5. The minimum Gasteiger partial charge on any atom is -0.486 e. The molecule has 2 aromatic carbocycles. The Labute approximate surface area is 208 Å². The highest BCUT2D eigenvalue weighted by molar-refractivity contribution is 5.83. The third-order valence-corrected chi connectivity index (χ3v) is 7.03. The van der Waals surface area contributed by atoms with E-state index < -0.39 is 0 Å². The zero-order chi connectivity index (χ0) is 24.5. The summed E-state index contributed by atoms with van der Waals surface area (Å²) in [6.45, 7) is 8.20. The van der Waals surface area contributed by atoms with Crippen LogP contribution in [0.3, 0.4) is 0 Å². The van der Waals surface area contributed by atoms with Gasteiger partial charge in [-0.05, 0) is 34.7 Å². The summed E-state index contributed by atoms with van der Waals surface area (Å²) in [7, 11) is 0. The average Bonchev–Trinajstić information content (AvgIpc) is 3.36. The van der Waals surface area contributed by atoms with E-state index in [2.05, 4.69) is 49.4 Å². The quantitative estimate of drug-likeness (QED) is 0.441. The van der Waals surface area contributed by atoms with Crippen molar-refractivity contribution >= 4 is 10.9 Å². The van der Waals surface area contributed by atoms with Gasteiger partial charge in [-0.15, -0.1) is 5.10 Å². The number of nitrogens with zero attached hydrogens (tertiary/aromatic N) is 6. The van der Waals surface area contributed by atoms with Gasteiger partial charge in [0.15, 0.2) is 17.3 Å². The third-order valence-electron chi connectivity index (χ3n) is 7.03. The van der Waals surface area contributed by atoms with Crippen molar-refractivity contribution in [1.82, 2.24) is 35.0 Å². The normalized spacial score (nSPS) is 17.4. The fourth-order valence-electron chi connectivity index (χ4n) is 5.08. The van der Waals surface area contributed by atoms with E-state index in [-0.39, 0.29) is 11.6 Å². The lowest BCUT2D eigenvalue weighted by atomic mass is 10.0. The molecule has 10 nitrogen and oxygen atoms in total. The number of pyridine rings is 1. The molecule has 2 aromatic heterocycles. The van der Waals surface area contributed by atoms with Crippen LogP contribution in [0.25, 0.3) is 10.9 Å². The fraction of sp³-hybridized carbons (Fsp3) is 0.385. The first-order valence-corrected chi connectivity index (χ1v) is 12.4. The van der Waals surface area contributed by atoms with Crippen LogP contribution in [0.2, 0.25) is 0 Å². The van der Waals surface area contributed by atoms with E-state index in [1.54, 1.807) is 4.68 Å². The first kappa shape index (κ1) is 22.7. The summed E-state index contributed by atoms with van der Waals surface area (Å²) < 4.78 is 13.3. The van der Waals surface area contributed by atoms with Crippen molar-refractivity contribution in [2.45, 2.75) is 19.5 Å². The number of nitrogens with one attached hydrogen (secondary N) is 1. The van der Waals surface area contributed by atoms with Gasteiger partial charge in [-0.3, -0.25) is 9.69 Å². The summed E-state index contributed by atoms with van der Waals surface area (Å²) in [6, 6.07) is 15.4. The van der Waals surface area contributed by atoms with Crippen molar-refractivity contribution in [3.8, 4) is 11.5 Å². The summed E-state index contributed by atoms with van der Waals surface area (Å²) in [5.74, 6) is 2.00. The van der Waals surface area contributed by atoms with Gasteiger partial charge in [0.05, 0.1) is 12.1 Å². The molecule has 1 unspecified atom stereocenters. The van der Waals surface area contributed by atoms with Gasteiger partial charge >= 0.3 is 0 Å². The first-order valence-electron chi connectivity index (χ1n) is 12.4. The van der Waals surface area contributed by atoms with Crippen LogP contribution in [0.5, 0.6) is 11.5 Å². The molecule has 0 radical (unpaired) electrons. The molecule has 10 heteroatoms. The highest BCUT2D eigenvalue weighted by Gasteiger charge is 2.32. The molecule has 2 aliphatic rings. The van der Waals surface area contributed by atoms with Crippen LogP contribution >= 0.6 is 0 Å². The second-order valence-corrected chi connectivity index (χ2v) is 9.19. The number of ether oxygens (including phenoxy) is 2. The zero-order valence-electron chi connectivity index (χ0n) is 20.3. The number of benzene rings is 2. The number of hydrogen-bond donors (Lipinski definition) is 1. The highest BCUT2D eigenvalue weighted by atomic mass is 16.6. The molecule has 1 N–H and O–H groups in total. The Morgan fingerprint density at radius 1 is 1.00 bits per heavy atom. The van der Waals surface area contributed by atoms with E-state index in [0.717, 1.165) is 43.7 Å². The maximum Gasteiger partial charge on any atom is 0.253 e. The molecule has 1 saturated heterocycles. The standard InChI is InChI=1S/C26H29N7O3/c1-2-31-8-10-32(11-9-31)24(25-28-29-30-33(25)17-18-6-4-3-5-7-18)20-14-19-15-22-23(36-13-12-35-22)16-21(19)27-26(20)34/h3-7,14-16,24H,2,8-13,17H2,1H3,(H,27,34). The van der Waals surface area contributed by atoms with Crippen molar-refractivity contribution in [2.75, 3.05) is 45.9 Å². The Hall–Kier alpha value is -3.76. The van der Waals surface area contributed by atoms with Crippen LogP contribution in [0.15, 0.2) is 53.3 Å². The maximum absolute atomic E-state index is 13.5. The van der Waals surface area contributed by atoms with Gasteiger partial charge in [-0.25, -0.2) is 4.68 Å². The Balaban J connectivity index is 1.44. The Morgan fingerprint density at radius 2 is 1.75 bits per heavy atom. The van der Waals surface area contributed by atoms with Crippen molar-refractivity contribution < 1.29 is 9.47 Å². The fourth-order valence-corrected chi connectivity index (χ4v) is 5.08. The second kappa shape index (κ2) is 9.71. The van der Waals surface area contributed by atoms with E-state index in [9.17, 15) is 4.79 Å². The molecule has 0 bridgehead atoms. The van der Waals surface area contributed by atoms with Gasteiger partial charge in [0.25, 0.3) is 5.56 Å². The van der Waals surface area contributed by atoms with Gasteiger partial charge < -0.3 is 19.4 Å². The van der Waals surface area contributed by atoms with Gasteiger partial charge in [-0.2, -0.15) is 0 Å². The summed E-state index contributed by atoms with van der Waals surface area (Å²) in [5.41, 5.74) is 2.27. The number of hydrogen-bond acceptors (Lipinski definition) is 8. The van der Waals surface area contributed by atoms with Crippen molar-refractivity contribution in [3.05, 3.63) is 75.8 Å². The summed E-state index contributed by atoms with van der Waals surface area (Å²) in [4.78, 5) is 21.3. The van der Waals surface area contributed by atoms with Gasteiger partial charge in [0.2, 0.25) is 0 Å². The molecular weight excluding hydrogens is 458 g/mol. The molecule has 2 aliphatic heterocycles. The topological polar surface area (TPSA) is 101 Å². The van der Waals surface area contributed by atoms with Gasteiger partial charge in [-0.1, -0.05) is 37.3 Å². The minimum absolute atomic E-state index is 0.156. The predicted octanol–water partition coefficient (Wildman–Crippen LogP) is 2.06. The molecule has 186 valence electrons. The lowest BCUT2D eigenvalue weighted by Crippen LogP contribution is -2.49. The Morgan fingerprint density at radius 3 is 2.50 bits per heavy atom. The molecule has 0 spiro atoms. The second-order valence-electron chi connectivity index (χ2n) is 9.19. The molecule has 1 fully saturated rings. The summed E-state index contributed by atoms with van der Waals surface area (Å²) >= 11 is 0. The molecule has 0 saturated carbocycles. The monoisotopic (exact) mass is 487 g/mol. The Kier molecular flexibility index (Phi) is 6.12. The lowest BCUT2D eigenvalue weighted by molar-refractivity contribution is 0.108. The number of rotatable bonds is 6. The van der Waals surface area contributed by atoms with E-state index in [1.807, 2.05) is 36.4 Å². The number of tetrazole rings is 1. The van der Waals surface area contributed by atoms with Gasteiger partial charge in [0.1, 0.15) is 19.3 Å². The molecule has 4 heterocycles. The Bertz CT molecular complexity index is 1410. The molecule has 36 heavy (non-hydrogen) atoms. The van der Waals surface area contributed by atoms with Crippen LogP contribution in [0.1, 0.15) is 29.9 Å². The SMILES string of the molecule is CCN1CCN(C(c2cc3cc4c(cc3[nH]c2=O)OCCO4)c2nnnn2Cc2ccccc2)CC1. The minimum atomic E-state index is -0.385. The van der Waals surface area contributed by atoms with E-state index in [0.29, 0.717) is 48.2 Å². The van der Waals surface area contributed by atoms with Crippen LogP contribution in [0, 0.1) is 0 Å². The molecule has 6 rings (SSSR count). The van der Waals surface area contributed by atoms with Gasteiger partial charge in [0, 0.05) is 43.2 Å². The number of H-pyrrole nitrogens is 1. The van der Waals surface area contributed by atoms with Crippen LogP contribution in [-0.4, -0.2) is 80.9 Å². The van der Waals surface area contributed by atoms with E-state index in [4.69, 9.17) is 9.47 Å². The lowest BCUT2D eigenvalue weighted by Gasteiger charge is -2.38. The van der Waals surface area contributed by atoms with E-state index >= 15 is 0 Å². The predicted molar refractivity (Wildman–Crippen MR) is 134 cm³/mol. The van der Waals surface area contributed by atoms with Crippen molar-refractivity contribution in [1.29, 1.82) is 0 Å². The van der Waals surface area contributed by atoms with Crippen molar-refractivity contribution in [3.63, 3.8) is 0 Å². The molecular formula is C26H29N7O3.